The van der Waals surface area contributed by atoms with Crippen molar-refractivity contribution >= 4 is 11.9 Å². The summed E-state index contributed by atoms with van der Waals surface area (Å²) in [6.07, 6.45) is 13.5. The Kier molecular flexibility index (Phi) is 3.78. The minimum atomic E-state index is 1.00. The minimum Gasteiger partial charge on any atom is -0.250 e. The number of piperidine rings is 1. The largest absolute Gasteiger partial charge is 0.250 e. The Morgan fingerprint density at radius 1 is 0.750 bits per heavy atom. The molecule has 16 heavy (non-hydrogen) atoms. The second-order valence-electron chi connectivity index (χ2n) is 5.92. The van der Waals surface area contributed by atoms with E-state index in [4.69, 9.17) is 0 Å². The van der Waals surface area contributed by atoms with Gasteiger partial charge in [-0.15, -0.1) is 0 Å². The van der Waals surface area contributed by atoms with Gasteiger partial charge in [-0.1, -0.05) is 44.1 Å². The fourth-order valence-corrected chi connectivity index (χ4v) is 5.32. The average molecular weight is 239 g/mol. The molecule has 2 heteroatoms. The standard InChI is InChI=1S/C14H25NS/c1-4-10-15(11-5-1)16-14-9-8-13(14)12-6-2-3-7-12/h12-14H,1-11H2. The molecule has 3 fully saturated rings. The molecule has 0 N–H and O–H groups in total. The summed E-state index contributed by atoms with van der Waals surface area (Å²) in [5.41, 5.74) is 0. The summed E-state index contributed by atoms with van der Waals surface area (Å²) in [5, 5.41) is 1.00. The first-order chi connectivity index (χ1) is 7.93. The van der Waals surface area contributed by atoms with Crippen LogP contribution in [-0.4, -0.2) is 22.6 Å². The number of rotatable bonds is 3. The van der Waals surface area contributed by atoms with Gasteiger partial charge in [-0.3, -0.25) is 4.31 Å². The highest BCUT2D eigenvalue weighted by molar-refractivity contribution is 7.97. The third-order valence-electron chi connectivity index (χ3n) is 4.87. The molecule has 0 radical (unpaired) electrons. The molecule has 1 heterocycles. The van der Waals surface area contributed by atoms with E-state index >= 15 is 0 Å². The smallest absolute Gasteiger partial charge is 0.0226 e. The fourth-order valence-electron chi connectivity index (χ4n) is 3.71. The van der Waals surface area contributed by atoms with E-state index in [0.29, 0.717) is 0 Å². The summed E-state index contributed by atoms with van der Waals surface area (Å²) in [6.45, 7) is 2.72. The van der Waals surface area contributed by atoms with Crippen LogP contribution in [0.5, 0.6) is 0 Å². The molecule has 2 saturated carbocycles. The first-order valence-corrected chi connectivity index (χ1v) is 8.19. The summed E-state index contributed by atoms with van der Waals surface area (Å²) in [4.78, 5) is 0. The summed E-state index contributed by atoms with van der Waals surface area (Å²) < 4.78 is 2.68. The molecule has 3 aliphatic rings. The number of nitrogens with zero attached hydrogens (tertiary/aromatic N) is 1. The summed E-state index contributed by atoms with van der Waals surface area (Å²) in [6, 6.07) is 0. The van der Waals surface area contributed by atoms with Gasteiger partial charge in [0.2, 0.25) is 0 Å². The molecule has 0 aromatic rings. The molecule has 1 saturated heterocycles. The summed E-state index contributed by atoms with van der Waals surface area (Å²) in [5.74, 6) is 2.20. The molecule has 92 valence electrons. The van der Waals surface area contributed by atoms with Gasteiger partial charge >= 0.3 is 0 Å². The Bertz CT molecular complexity index is 219. The lowest BCUT2D eigenvalue weighted by Crippen LogP contribution is -2.38. The van der Waals surface area contributed by atoms with Crippen molar-refractivity contribution in [2.24, 2.45) is 11.8 Å². The second kappa shape index (κ2) is 5.30. The van der Waals surface area contributed by atoms with Crippen LogP contribution < -0.4 is 0 Å². The Hall–Kier alpha value is 0.310. The highest BCUT2D eigenvalue weighted by Crippen LogP contribution is 2.48. The zero-order valence-electron chi connectivity index (χ0n) is 10.4. The van der Waals surface area contributed by atoms with Crippen molar-refractivity contribution in [3.63, 3.8) is 0 Å². The molecule has 0 aromatic heterocycles. The average Bonchev–Trinajstić information content (AvgIpc) is 2.79. The van der Waals surface area contributed by atoms with Crippen molar-refractivity contribution in [1.29, 1.82) is 0 Å². The Labute approximate surface area is 104 Å². The highest BCUT2D eigenvalue weighted by Gasteiger charge is 2.39. The van der Waals surface area contributed by atoms with Crippen molar-refractivity contribution in [2.75, 3.05) is 13.1 Å². The van der Waals surface area contributed by atoms with E-state index in [1.165, 1.54) is 58.0 Å². The predicted molar refractivity (Wildman–Crippen MR) is 71.5 cm³/mol. The Morgan fingerprint density at radius 3 is 2.12 bits per heavy atom. The second-order valence-corrected chi connectivity index (χ2v) is 7.25. The first kappa shape index (κ1) is 11.4. The van der Waals surface area contributed by atoms with Gasteiger partial charge in [0.05, 0.1) is 0 Å². The van der Waals surface area contributed by atoms with Gasteiger partial charge in [-0.2, -0.15) is 0 Å². The molecule has 3 rings (SSSR count). The third kappa shape index (κ3) is 2.43. The molecular weight excluding hydrogens is 214 g/mol. The van der Waals surface area contributed by atoms with E-state index in [9.17, 15) is 0 Å². The molecule has 0 bridgehead atoms. The number of hydrogen-bond donors (Lipinski definition) is 0. The van der Waals surface area contributed by atoms with Gasteiger partial charge < -0.3 is 0 Å². The zero-order valence-corrected chi connectivity index (χ0v) is 11.2. The lowest BCUT2D eigenvalue weighted by atomic mass is 9.74. The topological polar surface area (TPSA) is 3.24 Å². The molecule has 2 unspecified atom stereocenters. The van der Waals surface area contributed by atoms with Gasteiger partial charge in [-0.25, -0.2) is 0 Å². The van der Waals surface area contributed by atoms with Crippen LogP contribution in [0.3, 0.4) is 0 Å². The van der Waals surface area contributed by atoms with Crippen LogP contribution in [-0.2, 0) is 0 Å². The van der Waals surface area contributed by atoms with Crippen LogP contribution in [0.15, 0.2) is 0 Å². The Balaban J connectivity index is 1.47. The predicted octanol–water partition coefficient (Wildman–Crippen LogP) is 4.09. The third-order valence-corrected chi connectivity index (χ3v) is 6.39. The van der Waals surface area contributed by atoms with E-state index in [1.54, 1.807) is 12.8 Å². The Morgan fingerprint density at radius 2 is 1.50 bits per heavy atom. The van der Waals surface area contributed by atoms with Crippen LogP contribution in [0.25, 0.3) is 0 Å². The zero-order chi connectivity index (χ0) is 10.8. The molecule has 1 aliphatic heterocycles. The van der Waals surface area contributed by atoms with Crippen LogP contribution in [0, 0.1) is 11.8 Å². The lowest BCUT2D eigenvalue weighted by Gasteiger charge is -2.43. The van der Waals surface area contributed by atoms with Crippen LogP contribution in [0.2, 0.25) is 0 Å². The normalized spacial score (nSPS) is 37.5. The van der Waals surface area contributed by atoms with Crippen LogP contribution in [0.4, 0.5) is 0 Å². The maximum Gasteiger partial charge on any atom is 0.0226 e. The van der Waals surface area contributed by atoms with Crippen LogP contribution >= 0.6 is 11.9 Å². The summed E-state index contributed by atoms with van der Waals surface area (Å²) >= 11 is 2.24. The van der Waals surface area contributed by atoms with Crippen molar-refractivity contribution in [1.82, 2.24) is 4.31 Å². The highest BCUT2D eigenvalue weighted by atomic mass is 32.2. The minimum absolute atomic E-state index is 1.00. The van der Waals surface area contributed by atoms with E-state index < -0.39 is 0 Å². The van der Waals surface area contributed by atoms with E-state index in [2.05, 4.69) is 16.3 Å². The maximum absolute atomic E-state index is 2.68. The number of hydrogen-bond acceptors (Lipinski definition) is 2. The van der Waals surface area contributed by atoms with Crippen molar-refractivity contribution in [2.45, 2.75) is 63.0 Å². The van der Waals surface area contributed by atoms with Gasteiger partial charge in [0.15, 0.2) is 0 Å². The molecule has 2 atom stereocenters. The van der Waals surface area contributed by atoms with E-state index in [0.717, 1.165) is 17.1 Å². The van der Waals surface area contributed by atoms with Crippen molar-refractivity contribution in [3.05, 3.63) is 0 Å². The lowest BCUT2D eigenvalue weighted by molar-refractivity contribution is 0.216. The maximum atomic E-state index is 2.68. The molecule has 0 spiro atoms. The molecule has 1 nitrogen and oxygen atoms in total. The van der Waals surface area contributed by atoms with Gasteiger partial charge in [-0.05, 0) is 37.5 Å². The first-order valence-electron chi connectivity index (χ1n) is 7.35. The molecule has 2 aliphatic carbocycles. The SMILES string of the molecule is C1CCN(SC2CCC2C2CCCC2)CC1. The van der Waals surface area contributed by atoms with Gasteiger partial charge in [0, 0.05) is 18.3 Å². The van der Waals surface area contributed by atoms with Crippen molar-refractivity contribution < 1.29 is 0 Å². The van der Waals surface area contributed by atoms with E-state index in [1.807, 2.05) is 0 Å². The quantitative estimate of drug-likeness (QED) is 0.682. The van der Waals surface area contributed by atoms with E-state index in [-0.39, 0.29) is 0 Å². The van der Waals surface area contributed by atoms with Gasteiger partial charge in [0.1, 0.15) is 0 Å². The molecule has 0 aromatic carbocycles. The summed E-state index contributed by atoms with van der Waals surface area (Å²) in [7, 11) is 0. The fraction of sp³-hybridized carbons (Fsp3) is 1.00. The van der Waals surface area contributed by atoms with Gasteiger partial charge in [0.25, 0.3) is 0 Å². The monoisotopic (exact) mass is 239 g/mol. The molecule has 0 amide bonds. The molecular formula is C14H25NS. The van der Waals surface area contributed by atoms with Crippen LogP contribution in [0.1, 0.15) is 57.8 Å². The van der Waals surface area contributed by atoms with Crippen molar-refractivity contribution in [3.8, 4) is 0 Å².